The van der Waals surface area contributed by atoms with Gasteiger partial charge in [0.25, 0.3) is 0 Å². The molecule has 0 aliphatic carbocycles. The maximum atomic E-state index is 11.1. The molecule has 13 heavy (non-hydrogen) atoms. The summed E-state index contributed by atoms with van der Waals surface area (Å²) in [6.07, 6.45) is 1.40. The van der Waals surface area contributed by atoms with E-state index in [9.17, 15) is 9.59 Å². The topological polar surface area (TPSA) is 43.4 Å². The Morgan fingerprint density at radius 1 is 1.62 bits per heavy atom. The summed E-state index contributed by atoms with van der Waals surface area (Å²) in [6.45, 7) is 7.67. The molecule has 1 atom stereocenters. The summed E-state index contributed by atoms with van der Waals surface area (Å²) < 4.78 is 4.77. The number of carbonyl (C=O) groups excluding carboxylic acids is 2. The zero-order valence-electron chi connectivity index (χ0n) is 8.21. The molecule has 0 aromatic heterocycles. The summed E-state index contributed by atoms with van der Waals surface area (Å²) in [4.78, 5) is 21.3. The van der Waals surface area contributed by atoms with Crippen LogP contribution in [0, 0.1) is 5.92 Å². The van der Waals surface area contributed by atoms with Crippen molar-refractivity contribution in [3.63, 3.8) is 0 Å². The molecule has 0 N–H and O–H groups in total. The van der Waals surface area contributed by atoms with Crippen LogP contribution in [0.5, 0.6) is 0 Å². The molecule has 0 bridgehead atoms. The van der Waals surface area contributed by atoms with E-state index in [2.05, 4.69) is 6.58 Å². The predicted molar refractivity (Wildman–Crippen MR) is 50.2 cm³/mol. The zero-order valence-corrected chi connectivity index (χ0v) is 8.21. The molecule has 1 unspecified atom stereocenters. The fourth-order valence-electron chi connectivity index (χ4n) is 0.996. The molecule has 3 heteroatoms. The third-order valence-corrected chi connectivity index (χ3v) is 1.80. The monoisotopic (exact) mass is 184 g/mol. The number of allylic oxidation sites excluding steroid dienone is 1. The highest BCUT2D eigenvalue weighted by Gasteiger charge is 2.14. The van der Waals surface area contributed by atoms with Crippen molar-refractivity contribution < 1.29 is 14.3 Å². The maximum Gasteiger partial charge on any atom is 0.306 e. The second-order valence-electron chi connectivity index (χ2n) is 2.95. The van der Waals surface area contributed by atoms with Crippen LogP contribution in [0.3, 0.4) is 0 Å². The number of carbonyl (C=O) groups is 2. The standard InChI is InChI=1S/C10H16O3/c1-4-13-10(12)7-9(5-6-11)8(2)3/h6,9H,2,4-5,7H2,1,3H3. The molecule has 0 radical (unpaired) electrons. The minimum absolute atomic E-state index is 0.0726. The van der Waals surface area contributed by atoms with E-state index in [1.165, 1.54) is 0 Å². The van der Waals surface area contributed by atoms with E-state index in [-0.39, 0.29) is 18.3 Å². The second kappa shape index (κ2) is 6.40. The van der Waals surface area contributed by atoms with Gasteiger partial charge in [0.15, 0.2) is 0 Å². The quantitative estimate of drug-likeness (QED) is 0.358. The SMILES string of the molecule is C=C(C)C(CC=O)CC(=O)OCC. The van der Waals surface area contributed by atoms with Gasteiger partial charge in [0.05, 0.1) is 13.0 Å². The molecule has 0 aliphatic rings. The first kappa shape index (κ1) is 11.9. The van der Waals surface area contributed by atoms with Gasteiger partial charge < -0.3 is 9.53 Å². The van der Waals surface area contributed by atoms with Crippen molar-refractivity contribution in [2.75, 3.05) is 6.61 Å². The van der Waals surface area contributed by atoms with Crippen LogP contribution in [-0.4, -0.2) is 18.9 Å². The summed E-state index contributed by atoms with van der Waals surface area (Å²) in [6, 6.07) is 0. The fraction of sp³-hybridized carbons (Fsp3) is 0.600. The number of esters is 1. The number of hydrogen-bond acceptors (Lipinski definition) is 3. The minimum atomic E-state index is -0.266. The molecular formula is C10H16O3. The van der Waals surface area contributed by atoms with Crippen LogP contribution >= 0.6 is 0 Å². The van der Waals surface area contributed by atoms with Crippen molar-refractivity contribution >= 4 is 12.3 Å². The van der Waals surface area contributed by atoms with Gasteiger partial charge in [-0.15, -0.1) is 0 Å². The summed E-state index contributed by atoms with van der Waals surface area (Å²) in [5, 5.41) is 0. The van der Waals surface area contributed by atoms with Crippen molar-refractivity contribution in [3.8, 4) is 0 Å². The molecule has 0 saturated carbocycles. The molecule has 0 aliphatic heterocycles. The molecule has 0 amide bonds. The maximum absolute atomic E-state index is 11.1. The van der Waals surface area contributed by atoms with Crippen molar-refractivity contribution in [1.29, 1.82) is 0 Å². The number of hydrogen-bond donors (Lipinski definition) is 0. The summed E-state index contributed by atoms with van der Waals surface area (Å²) in [5.74, 6) is -0.339. The average molecular weight is 184 g/mol. The Morgan fingerprint density at radius 2 is 2.23 bits per heavy atom. The number of rotatable bonds is 6. The van der Waals surface area contributed by atoms with E-state index in [0.717, 1.165) is 11.9 Å². The number of ether oxygens (including phenoxy) is 1. The molecule has 0 saturated heterocycles. The highest BCUT2D eigenvalue weighted by molar-refractivity contribution is 5.70. The second-order valence-corrected chi connectivity index (χ2v) is 2.95. The molecule has 0 fully saturated rings. The van der Waals surface area contributed by atoms with E-state index in [1.54, 1.807) is 6.92 Å². The molecule has 0 rings (SSSR count). The first-order valence-corrected chi connectivity index (χ1v) is 4.36. The zero-order chi connectivity index (χ0) is 10.3. The van der Waals surface area contributed by atoms with Crippen LogP contribution in [-0.2, 0) is 14.3 Å². The first-order valence-electron chi connectivity index (χ1n) is 4.36. The first-order chi connectivity index (χ1) is 6.11. The van der Waals surface area contributed by atoms with Crippen LogP contribution in [0.15, 0.2) is 12.2 Å². The Balaban J connectivity index is 4.01. The Bertz CT molecular complexity index is 196. The summed E-state index contributed by atoms with van der Waals surface area (Å²) in [5.41, 5.74) is 0.847. The average Bonchev–Trinajstić information content (AvgIpc) is 2.04. The largest absolute Gasteiger partial charge is 0.466 e. The molecule has 0 spiro atoms. The van der Waals surface area contributed by atoms with Crippen LogP contribution in [0.25, 0.3) is 0 Å². The lowest BCUT2D eigenvalue weighted by molar-refractivity contribution is -0.143. The Labute approximate surface area is 78.8 Å². The number of aldehydes is 1. The third kappa shape index (κ3) is 5.17. The van der Waals surface area contributed by atoms with E-state index in [1.807, 2.05) is 6.92 Å². The van der Waals surface area contributed by atoms with Crippen LogP contribution in [0.1, 0.15) is 26.7 Å². The van der Waals surface area contributed by atoms with Gasteiger partial charge in [-0.3, -0.25) is 4.79 Å². The normalized spacial score (nSPS) is 11.8. The molecule has 0 heterocycles. The third-order valence-electron chi connectivity index (χ3n) is 1.80. The van der Waals surface area contributed by atoms with Crippen molar-refractivity contribution in [1.82, 2.24) is 0 Å². The smallest absolute Gasteiger partial charge is 0.306 e. The van der Waals surface area contributed by atoms with Gasteiger partial charge in [0, 0.05) is 6.42 Å². The molecule has 0 aromatic carbocycles. The van der Waals surface area contributed by atoms with Gasteiger partial charge >= 0.3 is 5.97 Å². The van der Waals surface area contributed by atoms with Gasteiger partial charge in [-0.05, 0) is 19.8 Å². The van der Waals surface area contributed by atoms with Crippen LogP contribution in [0.4, 0.5) is 0 Å². The van der Waals surface area contributed by atoms with Gasteiger partial charge in [0.1, 0.15) is 6.29 Å². The molecule has 3 nitrogen and oxygen atoms in total. The van der Waals surface area contributed by atoms with E-state index in [0.29, 0.717) is 13.0 Å². The summed E-state index contributed by atoms with van der Waals surface area (Å²) >= 11 is 0. The molecule has 0 aromatic rings. The van der Waals surface area contributed by atoms with Crippen molar-refractivity contribution in [3.05, 3.63) is 12.2 Å². The van der Waals surface area contributed by atoms with Gasteiger partial charge in [0.2, 0.25) is 0 Å². The lowest BCUT2D eigenvalue weighted by Crippen LogP contribution is -2.12. The van der Waals surface area contributed by atoms with Crippen molar-refractivity contribution in [2.24, 2.45) is 5.92 Å². The van der Waals surface area contributed by atoms with Gasteiger partial charge in [-0.2, -0.15) is 0 Å². The van der Waals surface area contributed by atoms with Gasteiger partial charge in [-0.1, -0.05) is 12.2 Å². The lowest BCUT2D eigenvalue weighted by Gasteiger charge is -2.12. The summed E-state index contributed by atoms with van der Waals surface area (Å²) in [7, 11) is 0. The van der Waals surface area contributed by atoms with E-state index >= 15 is 0 Å². The highest BCUT2D eigenvalue weighted by Crippen LogP contribution is 2.16. The van der Waals surface area contributed by atoms with Crippen LogP contribution < -0.4 is 0 Å². The van der Waals surface area contributed by atoms with E-state index < -0.39 is 0 Å². The predicted octanol–water partition coefficient (Wildman–Crippen LogP) is 1.72. The van der Waals surface area contributed by atoms with Gasteiger partial charge in [-0.25, -0.2) is 0 Å². The van der Waals surface area contributed by atoms with Crippen LogP contribution in [0.2, 0.25) is 0 Å². The Hall–Kier alpha value is -1.12. The fourth-order valence-corrected chi connectivity index (χ4v) is 0.996. The molecule has 74 valence electrons. The van der Waals surface area contributed by atoms with E-state index in [4.69, 9.17) is 4.74 Å². The Kier molecular flexibility index (Phi) is 5.85. The lowest BCUT2D eigenvalue weighted by atomic mass is 9.95. The highest BCUT2D eigenvalue weighted by atomic mass is 16.5. The van der Waals surface area contributed by atoms with Crippen molar-refractivity contribution in [2.45, 2.75) is 26.7 Å². The Morgan fingerprint density at radius 3 is 2.62 bits per heavy atom. The molecular weight excluding hydrogens is 168 g/mol. The minimum Gasteiger partial charge on any atom is -0.466 e.